The number of likely N-dealkylation sites (N-methyl/N-ethyl adjacent to an activating group) is 1. The van der Waals surface area contributed by atoms with Crippen LogP contribution in [0.25, 0.3) is 0 Å². The highest BCUT2D eigenvalue weighted by Crippen LogP contribution is 2.34. The Hall–Kier alpha value is -2.31. The molecule has 0 saturated carbocycles. The van der Waals surface area contributed by atoms with Gasteiger partial charge >= 0.3 is 0 Å². The van der Waals surface area contributed by atoms with Crippen LogP contribution in [0, 0.1) is 5.92 Å². The van der Waals surface area contributed by atoms with Gasteiger partial charge < -0.3 is 24.4 Å². The largest absolute Gasteiger partial charge is 0.486 e. The lowest BCUT2D eigenvalue weighted by Gasteiger charge is -2.25. The summed E-state index contributed by atoms with van der Waals surface area (Å²) in [6, 6.07) is 10.6. The number of nitrogens with zero attached hydrogens (tertiary/aromatic N) is 2. The van der Waals surface area contributed by atoms with Crippen LogP contribution in [0.15, 0.2) is 36.5 Å². The number of aromatic nitrogens is 1. The summed E-state index contributed by atoms with van der Waals surface area (Å²) in [7, 11) is 3.73. The van der Waals surface area contributed by atoms with Crippen molar-refractivity contribution in [2.24, 2.45) is 5.92 Å². The minimum Gasteiger partial charge on any atom is -0.486 e. The first-order valence-corrected chi connectivity index (χ1v) is 9.86. The molecule has 1 N–H and O–H groups in total. The van der Waals surface area contributed by atoms with E-state index in [2.05, 4.69) is 53.3 Å². The summed E-state index contributed by atoms with van der Waals surface area (Å²) >= 11 is 0. The molecule has 3 rings (SSSR count). The lowest BCUT2D eigenvalue weighted by atomic mass is 9.95. The van der Waals surface area contributed by atoms with Crippen LogP contribution in [0.2, 0.25) is 0 Å². The highest BCUT2D eigenvalue weighted by atomic mass is 16.6. The van der Waals surface area contributed by atoms with E-state index in [9.17, 15) is 0 Å². The molecular weight excluding hydrogens is 354 g/mol. The van der Waals surface area contributed by atoms with E-state index in [1.165, 1.54) is 5.56 Å². The molecule has 6 nitrogen and oxygen atoms in total. The standard InChI is InChI=1S/C22H31N3O3/c1-16(2)22(18-6-7-19-20(13-18)28-12-11-27-19)24-15-17-5-8-21(23-14-17)25(3)9-10-26-4/h5-8,13-14,16,22,24H,9-12,15H2,1-4H3/t22-/m1/s1. The van der Waals surface area contributed by atoms with Crippen LogP contribution in [-0.2, 0) is 11.3 Å². The van der Waals surface area contributed by atoms with Crippen LogP contribution < -0.4 is 19.7 Å². The Kier molecular flexibility index (Phi) is 7.12. The summed E-state index contributed by atoms with van der Waals surface area (Å²) in [5.74, 6) is 3.05. The summed E-state index contributed by atoms with van der Waals surface area (Å²) in [6.07, 6.45) is 1.94. The Morgan fingerprint density at radius 1 is 1.14 bits per heavy atom. The number of ether oxygens (including phenoxy) is 3. The summed E-state index contributed by atoms with van der Waals surface area (Å²) in [4.78, 5) is 6.67. The first-order valence-electron chi connectivity index (χ1n) is 9.86. The summed E-state index contributed by atoms with van der Waals surface area (Å²) < 4.78 is 16.5. The fourth-order valence-corrected chi connectivity index (χ4v) is 3.31. The van der Waals surface area contributed by atoms with Crippen molar-refractivity contribution in [1.29, 1.82) is 0 Å². The number of pyridine rings is 1. The van der Waals surface area contributed by atoms with E-state index < -0.39 is 0 Å². The molecule has 152 valence electrons. The highest BCUT2D eigenvalue weighted by Gasteiger charge is 2.19. The second-order valence-electron chi connectivity index (χ2n) is 7.44. The molecule has 0 bridgehead atoms. The van der Waals surface area contributed by atoms with E-state index in [-0.39, 0.29) is 6.04 Å². The van der Waals surface area contributed by atoms with Crippen LogP contribution in [0.5, 0.6) is 11.5 Å². The average Bonchev–Trinajstić information content (AvgIpc) is 2.72. The SMILES string of the molecule is COCCN(C)c1ccc(CN[C@@H](c2ccc3c(c2)OCCO3)C(C)C)cn1. The lowest BCUT2D eigenvalue weighted by molar-refractivity contribution is 0.171. The number of hydrogen-bond acceptors (Lipinski definition) is 6. The number of benzene rings is 1. The second-order valence-corrected chi connectivity index (χ2v) is 7.44. The first kappa shape index (κ1) is 20.4. The second kappa shape index (κ2) is 9.75. The maximum Gasteiger partial charge on any atom is 0.161 e. The fraction of sp³-hybridized carbons (Fsp3) is 0.500. The molecule has 1 aliphatic rings. The van der Waals surface area contributed by atoms with Crippen molar-refractivity contribution in [2.75, 3.05) is 45.4 Å². The van der Waals surface area contributed by atoms with Crippen LogP contribution in [0.4, 0.5) is 5.82 Å². The fourth-order valence-electron chi connectivity index (χ4n) is 3.31. The summed E-state index contributed by atoms with van der Waals surface area (Å²) in [6.45, 7) is 7.93. The van der Waals surface area contributed by atoms with E-state index >= 15 is 0 Å². The number of anilines is 1. The molecule has 1 aromatic carbocycles. The predicted octanol–water partition coefficient (Wildman–Crippen LogP) is 3.42. The molecule has 1 atom stereocenters. The average molecular weight is 386 g/mol. The van der Waals surface area contributed by atoms with Gasteiger partial charge in [-0.25, -0.2) is 4.98 Å². The molecular formula is C22H31N3O3. The van der Waals surface area contributed by atoms with E-state index in [4.69, 9.17) is 14.2 Å². The van der Waals surface area contributed by atoms with Gasteiger partial charge in [0.1, 0.15) is 19.0 Å². The Morgan fingerprint density at radius 3 is 2.61 bits per heavy atom. The molecule has 1 aromatic heterocycles. The van der Waals surface area contributed by atoms with Crippen molar-refractivity contribution in [3.63, 3.8) is 0 Å². The van der Waals surface area contributed by atoms with Gasteiger partial charge in [0.2, 0.25) is 0 Å². The maximum absolute atomic E-state index is 5.74. The highest BCUT2D eigenvalue weighted by molar-refractivity contribution is 5.45. The molecule has 0 aliphatic carbocycles. The van der Waals surface area contributed by atoms with Crippen molar-refractivity contribution in [3.8, 4) is 11.5 Å². The van der Waals surface area contributed by atoms with Gasteiger partial charge in [-0.2, -0.15) is 0 Å². The Bertz CT molecular complexity index is 749. The minimum atomic E-state index is 0.222. The van der Waals surface area contributed by atoms with E-state index in [1.807, 2.05) is 19.3 Å². The molecule has 28 heavy (non-hydrogen) atoms. The van der Waals surface area contributed by atoms with Crippen LogP contribution >= 0.6 is 0 Å². The number of methoxy groups -OCH3 is 1. The minimum absolute atomic E-state index is 0.222. The third-order valence-corrected chi connectivity index (χ3v) is 4.95. The van der Waals surface area contributed by atoms with Gasteiger partial charge in [0.05, 0.1) is 6.61 Å². The summed E-state index contributed by atoms with van der Waals surface area (Å²) in [5.41, 5.74) is 2.37. The van der Waals surface area contributed by atoms with Crippen molar-refractivity contribution in [2.45, 2.75) is 26.4 Å². The van der Waals surface area contributed by atoms with E-state index in [1.54, 1.807) is 7.11 Å². The number of hydrogen-bond donors (Lipinski definition) is 1. The van der Waals surface area contributed by atoms with Gasteiger partial charge in [-0.1, -0.05) is 26.0 Å². The lowest BCUT2D eigenvalue weighted by Crippen LogP contribution is -2.26. The third kappa shape index (κ3) is 5.14. The zero-order valence-electron chi connectivity index (χ0n) is 17.3. The van der Waals surface area contributed by atoms with E-state index in [0.717, 1.165) is 36.0 Å². The van der Waals surface area contributed by atoms with Crippen molar-refractivity contribution in [3.05, 3.63) is 47.7 Å². The molecule has 0 radical (unpaired) electrons. The normalized spacial score (nSPS) is 14.2. The van der Waals surface area contributed by atoms with E-state index in [0.29, 0.717) is 25.7 Å². The molecule has 6 heteroatoms. The molecule has 1 aliphatic heterocycles. The van der Waals surface area contributed by atoms with Crippen LogP contribution in [0.3, 0.4) is 0 Å². The maximum atomic E-state index is 5.74. The topological polar surface area (TPSA) is 55.9 Å². The molecule has 2 aromatic rings. The molecule has 0 amide bonds. The van der Waals surface area contributed by atoms with Gasteiger partial charge in [-0.15, -0.1) is 0 Å². The van der Waals surface area contributed by atoms with Crippen molar-refractivity contribution in [1.82, 2.24) is 10.3 Å². The van der Waals surface area contributed by atoms with Crippen LogP contribution in [-0.4, -0.2) is 45.5 Å². The number of rotatable bonds is 9. The first-order chi connectivity index (χ1) is 13.6. The zero-order chi connectivity index (χ0) is 19.9. The van der Waals surface area contributed by atoms with Gasteiger partial charge in [0, 0.05) is 39.5 Å². The molecule has 0 spiro atoms. The Morgan fingerprint density at radius 2 is 1.93 bits per heavy atom. The van der Waals surface area contributed by atoms with Gasteiger partial charge in [-0.3, -0.25) is 0 Å². The quantitative estimate of drug-likeness (QED) is 0.714. The Labute approximate surface area is 167 Å². The van der Waals surface area contributed by atoms with Crippen molar-refractivity contribution >= 4 is 5.82 Å². The van der Waals surface area contributed by atoms with Crippen molar-refractivity contribution < 1.29 is 14.2 Å². The van der Waals surface area contributed by atoms with Gasteiger partial charge in [-0.05, 0) is 35.2 Å². The number of nitrogens with one attached hydrogen (secondary N) is 1. The third-order valence-electron chi connectivity index (χ3n) is 4.95. The molecule has 0 fully saturated rings. The predicted molar refractivity (Wildman–Crippen MR) is 111 cm³/mol. The monoisotopic (exact) mass is 385 g/mol. The Balaban J connectivity index is 1.64. The zero-order valence-corrected chi connectivity index (χ0v) is 17.3. The number of fused-ring (bicyclic) bond motifs is 1. The molecule has 0 saturated heterocycles. The summed E-state index contributed by atoms with van der Waals surface area (Å²) in [5, 5.41) is 3.67. The molecule has 0 unspecified atom stereocenters. The van der Waals surface area contributed by atoms with Gasteiger partial charge in [0.15, 0.2) is 11.5 Å². The van der Waals surface area contributed by atoms with Gasteiger partial charge in [0.25, 0.3) is 0 Å². The van der Waals surface area contributed by atoms with Crippen LogP contribution in [0.1, 0.15) is 31.0 Å². The smallest absolute Gasteiger partial charge is 0.161 e. The molecule has 2 heterocycles.